The van der Waals surface area contributed by atoms with E-state index in [9.17, 15) is 34.4 Å². The van der Waals surface area contributed by atoms with Crippen LogP contribution in [0.4, 0.5) is 17.6 Å². The Hall–Kier alpha value is -2.02. The van der Waals surface area contributed by atoms with Crippen molar-refractivity contribution in [1.82, 2.24) is 8.61 Å². The lowest BCUT2D eigenvalue weighted by atomic mass is 10.3. The predicted octanol–water partition coefficient (Wildman–Crippen LogP) is 2.33. The monoisotopic (exact) mass is 452 g/mol. The highest BCUT2D eigenvalue weighted by Gasteiger charge is 2.36. The maximum atomic E-state index is 13.9. The van der Waals surface area contributed by atoms with Crippen LogP contribution in [-0.4, -0.2) is 51.6 Å². The summed E-state index contributed by atoms with van der Waals surface area (Å²) >= 11 is 0. The number of hydrogen-bond acceptors (Lipinski definition) is 4. The van der Waals surface area contributed by atoms with E-state index in [0.29, 0.717) is 0 Å². The van der Waals surface area contributed by atoms with Crippen LogP contribution in [0.25, 0.3) is 0 Å². The van der Waals surface area contributed by atoms with Crippen molar-refractivity contribution in [2.45, 2.75) is 16.2 Å². The third kappa shape index (κ3) is 4.02. The smallest absolute Gasteiger partial charge is 0.207 e. The van der Waals surface area contributed by atoms with E-state index in [1.165, 1.54) is 0 Å². The first-order chi connectivity index (χ1) is 13.6. The first kappa shape index (κ1) is 21.7. The zero-order chi connectivity index (χ0) is 21.4. The van der Waals surface area contributed by atoms with E-state index in [4.69, 9.17) is 0 Å². The average molecular weight is 452 g/mol. The van der Waals surface area contributed by atoms with Gasteiger partial charge in [0, 0.05) is 26.2 Å². The van der Waals surface area contributed by atoms with Crippen molar-refractivity contribution >= 4 is 20.0 Å². The zero-order valence-corrected chi connectivity index (χ0v) is 16.5. The normalized spacial score (nSPS) is 17.2. The van der Waals surface area contributed by atoms with Crippen molar-refractivity contribution in [2.24, 2.45) is 0 Å². The third-order valence-electron chi connectivity index (χ3n) is 4.45. The molecule has 0 N–H and O–H groups in total. The van der Waals surface area contributed by atoms with E-state index in [1.54, 1.807) is 0 Å². The highest BCUT2D eigenvalue weighted by molar-refractivity contribution is 7.89. The van der Waals surface area contributed by atoms with Gasteiger partial charge in [0.2, 0.25) is 20.0 Å². The number of hydrogen-bond donors (Lipinski definition) is 0. The van der Waals surface area contributed by atoms with Crippen LogP contribution in [0.2, 0.25) is 0 Å². The Balaban J connectivity index is 1.89. The highest BCUT2D eigenvalue weighted by atomic mass is 32.2. The minimum Gasteiger partial charge on any atom is -0.207 e. The molecule has 1 fully saturated rings. The van der Waals surface area contributed by atoms with Crippen LogP contribution in [0, 0.1) is 23.3 Å². The molecule has 1 aliphatic rings. The molecule has 1 aliphatic heterocycles. The van der Waals surface area contributed by atoms with E-state index in [-0.39, 0.29) is 19.5 Å². The van der Waals surface area contributed by atoms with Gasteiger partial charge in [-0.05, 0) is 30.7 Å². The van der Waals surface area contributed by atoms with Gasteiger partial charge >= 0.3 is 0 Å². The molecule has 0 amide bonds. The van der Waals surface area contributed by atoms with E-state index < -0.39 is 66.2 Å². The van der Waals surface area contributed by atoms with Crippen LogP contribution in [0.3, 0.4) is 0 Å². The number of halogens is 4. The summed E-state index contributed by atoms with van der Waals surface area (Å²) < 4.78 is 108. The van der Waals surface area contributed by atoms with Gasteiger partial charge in [-0.2, -0.15) is 8.61 Å². The molecular weight excluding hydrogens is 436 g/mol. The maximum absolute atomic E-state index is 13.9. The molecule has 2 aromatic rings. The molecule has 0 saturated carbocycles. The molecule has 0 radical (unpaired) electrons. The Labute approximate surface area is 165 Å². The zero-order valence-electron chi connectivity index (χ0n) is 14.9. The standard InChI is InChI=1S/C17H16F4N2O4S2/c18-12-4-1-5-13(19)16(12)28(24,25)22-8-3-9-23(11-10-22)29(26,27)17-14(20)6-2-7-15(17)21/h1-2,4-7H,3,8-11H2. The highest BCUT2D eigenvalue weighted by Crippen LogP contribution is 2.26. The number of nitrogens with zero attached hydrogens (tertiary/aromatic N) is 2. The fourth-order valence-electron chi connectivity index (χ4n) is 3.07. The fourth-order valence-corrected chi connectivity index (χ4v) is 6.22. The van der Waals surface area contributed by atoms with Gasteiger partial charge in [-0.3, -0.25) is 0 Å². The Morgan fingerprint density at radius 2 is 0.897 bits per heavy atom. The second-order valence-corrected chi connectivity index (χ2v) is 10.0. The first-order valence-corrected chi connectivity index (χ1v) is 11.3. The van der Waals surface area contributed by atoms with Gasteiger partial charge in [0.15, 0.2) is 9.79 Å². The molecule has 0 unspecified atom stereocenters. The Morgan fingerprint density at radius 1 is 0.586 bits per heavy atom. The lowest BCUT2D eigenvalue weighted by molar-refractivity contribution is 0.395. The Bertz CT molecular complexity index is 1010. The molecule has 0 spiro atoms. The van der Waals surface area contributed by atoms with Gasteiger partial charge in [0.1, 0.15) is 23.3 Å². The molecule has 3 rings (SSSR count). The lowest BCUT2D eigenvalue weighted by Crippen LogP contribution is -2.38. The van der Waals surface area contributed by atoms with Crippen molar-refractivity contribution in [3.8, 4) is 0 Å². The van der Waals surface area contributed by atoms with Gasteiger partial charge in [-0.1, -0.05) is 12.1 Å². The molecule has 12 heteroatoms. The second kappa shape index (κ2) is 8.01. The van der Waals surface area contributed by atoms with Gasteiger partial charge < -0.3 is 0 Å². The predicted molar refractivity (Wildman–Crippen MR) is 94.9 cm³/mol. The Kier molecular flexibility index (Phi) is 5.99. The number of benzene rings is 2. The minimum atomic E-state index is -4.58. The molecule has 2 aromatic carbocycles. The number of rotatable bonds is 4. The van der Waals surface area contributed by atoms with Crippen molar-refractivity contribution in [1.29, 1.82) is 0 Å². The van der Waals surface area contributed by atoms with E-state index >= 15 is 0 Å². The quantitative estimate of drug-likeness (QED) is 0.668. The molecule has 158 valence electrons. The molecule has 0 atom stereocenters. The summed E-state index contributed by atoms with van der Waals surface area (Å²) in [6.07, 6.45) is -0.0371. The van der Waals surface area contributed by atoms with Gasteiger partial charge in [0.25, 0.3) is 0 Å². The van der Waals surface area contributed by atoms with E-state index in [0.717, 1.165) is 45.0 Å². The molecule has 0 bridgehead atoms. The summed E-state index contributed by atoms with van der Waals surface area (Å²) in [5.41, 5.74) is 0. The van der Waals surface area contributed by atoms with Crippen LogP contribution in [0.5, 0.6) is 0 Å². The molecule has 0 aromatic heterocycles. The van der Waals surface area contributed by atoms with Crippen LogP contribution in [-0.2, 0) is 20.0 Å². The average Bonchev–Trinajstić information content (AvgIpc) is 2.88. The molecule has 0 aliphatic carbocycles. The summed E-state index contributed by atoms with van der Waals surface area (Å²) in [5, 5.41) is 0. The lowest BCUT2D eigenvalue weighted by Gasteiger charge is -2.22. The maximum Gasteiger partial charge on any atom is 0.248 e. The SMILES string of the molecule is O=S(=O)(c1c(F)cccc1F)N1CCCN(S(=O)(=O)c2c(F)cccc2F)CC1. The van der Waals surface area contributed by atoms with Crippen LogP contribution in [0.15, 0.2) is 46.2 Å². The van der Waals surface area contributed by atoms with E-state index in [2.05, 4.69) is 0 Å². The van der Waals surface area contributed by atoms with Gasteiger partial charge in [-0.25, -0.2) is 34.4 Å². The van der Waals surface area contributed by atoms with Crippen molar-refractivity contribution in [3.63, 3.8) is 0 Å². The van der Waals surface area contributed by atoms with Crippen LogP contribution in [0.1, 0.15) is 6.42 Å². The Morgan fingerprint density at radius 3 is 1.21 bits per heavy atom. The fraction of sp³-hybridized carbons (Fsp3) is 0.294. The summed E-state index contributed by atoms with van der Waals surface area (Å²) in [6, 6.07) is 5.22. The number of sulfonamides is 2. The van der Waals surface area contributed by atoms with Gasteiger partial charge in [-0.15, -0.1) is 0 Å². The van der Waals surface area contributed by atoms with E-state index in [1.807, 2.05) is 0 Å². The molecule has 1 saturated heterocycles. The summed E-state index contributed by atoms with van der Waals surface area (Å²) in [5.74, 6) is -5.08. The summed E-state index contributed by atoms with van der Waals surface area (Å²) in [6.45, 7) is -1.32. The largest absolute Gasteiger partial charge is 0.248 e. The van der Waals surface area contributed by atoms with Crippen LogP contribution < -0.4 is 0 Å². The second-order valence-electron chi connectivity index (χ2n) is 6.26. The topological polar surface area (TPSA) is 74.8 Å². The molecule has 6 nitrogen and oxygen atoms in total. The summed E-state index contributed by atoms with van der Waals surface area (Å²) in [4.78, 5) is -2.26. The third-order valence-corrected chi connectivity index (χ3v) is 8.35. The summed E-state index contributed by atoms with van der Waals surface area (Å²) in [7, 11) is -9.17. The molecular formula is C17H16F4N2O4S2. The van der Waals surface area contributed by atoms with Crippen LogP contribution >= 0.6 is 0 Å². The molecule has 29 heavy (non-hydrogen) atoms. The van der Waals surface area contributed by atoms with Crippen molar-refractivity contribution < 1.29 is 34.4 Å². The van der Waals surface area contributed by atoms with Crippen molar-refractivity contribution in [3.05, 3.63) is 59.7 Å². The minimum absolute atomic E-state index is 0.0371. The van der Waals surface area contributed by atoms with Crippen molar-refractivity contribution in [2.75, 3.05) is 26.2 Å². The first-order valence-electron chi connectivity index (χ1n) is 8.45. The van der Waals surface area contributed by atoms with Gasteiger partial charge in [0.05, 0.1) is 0 Å². The molecule has 1 heterocycles.